The number of hydrogen-bond acceptors (Lipinski definition) is 7. The summed E-state index contributed by atoms with van der Waals surface area (Å²) < 4.78 is 15.4. The number of methoxy groups -OCH3 is 3. The van der Waals surface area contributed by atoms with E-state index in [1.807, 2.05) is 0 Å². The van der Waals surface area contributed by atoms with Crippen molar-refractivity contribution in [1.29, 1.82) is 0 Å². The van der Waals surface area contributed by atoms with Gasteiger partial charge in [-0.2, -0.15) is 0 Å². The molecule has 9 nitrogen and oxygen atoms in total. The van der Waals surface area contributed by atoms with Crippen LogP contribution in [0, 0.1) is 0 Å². The maximum absolute atomic E-state index is 13.1. The van der Waals surface area contributed by atoms with E-state index in [2.05, 4.69) is 0 Å². The maximum atomic E-state index is 13.1. The molecular weight excluding hydrogens is 404 g/mol. The van der Waals surface area contributed by atoms with Crippen LogP contribution in [0.1, 0.15) is 26.3 Å². The fourth-order valence-electron chi connectivity index (χ4n) is 3.96. The highest BCUT2D eigenvalue weighted by Gasteiger charge is 2.59. The fraction of sp³-hybridized carbons (Fsp3) is 0.273. The van der Waals surface area contributed by atoms with Gasteiger partial charge in [-0.05, 0) is 24.3 Å². The summed E-state index contributed by atoms with van der Waals surface area (Å²) in [5.74, 6) is -1.40. The number of amides is 3. The first-order valence-corrected chi connectivity index (χ1v) is 9.49. The van der Waals surface area contributed by atoms with E-state index >= 15 is 0 Å². The number of rotatable bonds is 6. The normalized spacial score (nSPS) is 19.8. The number of benzene rings is 2. The van der Waals surface area contributed by atoms with Gasteiger partial charge in [-0.25, -0.2) is 4.79 Å². The second-order valence-corrected chi connectivity index (χ2v) is 7.08. The summed E-state index contributed by atoms with van der Waals surface area (Å²) in [5, 5.41) is 0. The lowest BCUT2D eigenvalue weighted by molar-refractivity contribution is -0.172. The summed E-state index contributed by atoms with van der Waals surface area (Å²) in [6.07, 6.45) is 0. The van der Waals surface area contributed by atoms with Gasteiger partial charge in [0, 0.05) is 11.6 Å². The molecule has 1 saturated heterocycles. The molecule has 2 atom stereocenters. The Morgan fingerprint density at radius 1 is 0.935 bits per heavy atom. The number of ether oxygens (including phenoxy) is 3. The smallest absolute Gasteiger partial charge is 0.331 e. The van der Waals surface area contributed by atoms with Gasteiger partial charge < -0.3 is 19.1 Å². The minimum Gasteiger partial charge on any atom is -0.497 e. The first-order chi connectivity index (χ1) is 14.9. The van der Waals surface area contributed by atoms with Crippen molar-refractivity contribution >= 4 is 23.7 Å². The summed E-state index contributed by atoms with van der Waals surface area (Å²) >= 11 is 0. The zero-order chi connectivity index (χ0) is 22.3. The van der Waals surface area contributed by atoms with Gasteiger partial charge in [0.1, 0.15) is 11.5 Å². The quantitative estimate of drug-likeness (QED) is 0.391. The summed E-state index contributed by atoms with van der Waals surface area (Å²) in [5.41, 5.74) is 1.05. The van der Waals surface area contributed by atoms with Crippen molar-refractivity contribution in [1.82, 2.24) is 9.80 Å². The first kappa shape index (κ1) is 20.4. The van der Waals surface area contributed by atoms with Crippen LogP contribution >= 0.6 is 0 Å². The minimum atomic E-state index is -1.26. The molecule has 2 heterocycles. The van der Waals surface area contributed by atoms with Crippen molar-refractivity contribution in [3.8, 4) is 11.5 Å². The average Bonchev–Trinajstić information content (AvgIpc) is 3.05. The van der Waals surface area contributed by atoms with Crippen molar-refractivity contribution in [3.63, 3.8) is 0 Å². The molecule has 2 aliphatic rings. The fourth-order valence-corrected chi connectivity index (χ4v) is 3.96. The number of fused-ring (bicyclic) bond motifs is 1. The third kappa shape index (κ3) is 3.09. The molecule has 0 N–H and O–H groups in total. The predicted molar refractivity (Wildman–Crippen MR) is 107 cm³/mol. The maximum Gasteiger partial charge on any atom is 0.331 e. The Kier molecular flexibility index (Phi) is 5.10. The van der Waals surface area contributed by atoms with Crippen LogP contribution in [0.3, 0.4) is 0 Å². The second kappa shape index (κ2) is 7.75. The molecule has 31 heavy (non-hydrogen) atoms. The third-order valence-electron chi connectivity index (χ3n) is 5.55. The van der Waals surface area contributed by atoms with Crippen LogP contribution in [0.4, 0.5) is 0 Å². The molecule has 0 aromatic heterocycles. The van der Waals surface area contributed by atoms with Crippen LogP contribution in [0.5, 0.6) is 11.5 Å². The summed E-state index contributed by atoms with van der Waals surface area (Å²) in [6.45, 7) is 0.0332. The monoisotopic (exact) mass is 424 g/mol. The molecular formula is C22H20N2O7. The molecule has 4 rings (SSSR count). The first-order valence-electron chi connectivity index (χ1n) is 9.49. The largest absolute Gasteiger partial charge is 0.497 e. The predicted octanol–water partition coefficient (Wildman–Crippen LogP) is 1.25. The molecule has 0 spiro atoms. The molecule has 1 fully saturated rings. The van der Waals surface area contributed by atoms with Crippen molar-refractivity contribution < 1.29 is 33.4 Å². The topological polar surface area (TPSA) is 102 Å². The molecule has 2 aromatic rings. The Balaban J connectivity index is 1.64. The Morgan fingerprint density at radius 2 is 1.58 bits per heavy atom. The van der Waals surface area contributed by atoms with Gasteiger partial charge in [0.15, 0.2) is 12.1 Å². The highest BCUT2D eigenvalue weighted by molar-refractivity contribution is 6.24. The summed E-state index contributed by atoms with van der Waals surface area (Å²) in [6, 6.07) is 9.01. The van der Waals surface area contributed by atoms with Crippen molar-refractivity contribution in [2.75, 3.05) is 21.3 Å². The van der Waals surface area contributed by atoms with Gasteiger partial charge in [0.2, 0.25) is 5.91 Å². The number of carbonyl (C=O) groups is 4. The molecule has 2 aromatic carbocycles. The van der Waals surface area contributed by atoms with Crippen LogP contribution in [0.2, 0.25) is 0 Å². The standard InChI is InChI=1S/C22H20N2O7/c1-29-13-9-8-12(16(10-13)30-2)11-23-18(22(28)31-3)17(21(23)27)24-19(25)14-6-4-5-7-15(14)20(24)26/h4-10,17-18H,11H2,1-3H3/t17-,18+/m1/s1. The van der Waals surface area contributed by atoms with Crippen molar-refractivity contribution in [3.05, 3.63) is 59.2 Å². The van der Waals surface area contributed by atoms with E-state index < -0.39 is 35.8 Å². The lowest BCUT2D eigenvalue weighted by Crippen LogP contribution is -2.73. The highest BCUT2D eigenvalue weighted by atomic mass is 16.5. The number of carbonyl (C=O) groups excluding carboxylic acids is 4. The van der Waals surface area contributed by atoms with E-state index in [4.69, 9.17) is 14.2 Å². The summed E-state index contributed by atoms with van der Waals surface area (Å²) in [7, 11) is 4.19. The van der Waals surface area contributed by atoms with E-state index in [9.17, 15) is 19.2 Å². The van der Waals surface area contributed by atoms with Crippen molar-refractivity contribution in [2.45, 2.75) is 18.6 Å². The number of imide groups is 1. The van der Waals surface area contributed by atoms with Gasteiger partial charge in [-0.3, -0.25) is 19.3 Å². The Labute approximate surface area is 178 Å². The van der Waals surface area contributed by atoms with Crippen LogP contribution in [0.25, 0.3) is 0 Å². The molecule has 0 bridgehead atoms. The zero-order valence-electron chi connectivity index (χ0n) is 17.2. The van der Waals surface area contributed by atoms with E-state index in [-0.39, 0.29) is 17.7 Å². The summed E-state index contributed by atoms with van der Waals surface area (Å²) in [4.78, 5) is 53.4. The van der Waals surface area contributed by atoms with Gasteiger partial charge in [0.25, 0.3) is 11.8 Å². The molecule has 0 aliphatic carbocycles. The minimum absolute atomic E-state index is 0.0332. The zero-order valence-corrected chi connectivity index (χ0v) is 17.2. The van der Waals surface area contributed by atoms with Gasteiger partial charge in [0.05, 0.1) is 39.0 Å². The van der Waals surface area contributed by atoms with Crippen LogP contribution in [0.15, 0.2) is 42.5 Å². The number of hydrogen-bond donors (Lipinski definition) is 0. The number of β-lactam (4-membered cyclic amide) rings is 1. The molecule has 0 unspecified atom stereocenters. The van der Waals surface area contributed by atoms with Crippen molar-refractivity contribution in [2.24, 2.45) is 0 Å². The Bertz CT molecular complexity index is 1060. The average molecular weight is 424 g/mol. The van der Waals surface area contributed by atoms with Crippen LogP contribution in [-0.4, -0.2) is 66.9 Å². The van der Waals surface area contributed by atoms with E-state index in [0.717, 1.165) is 4.90 Å². The van der Waals surface area contributed by atoms with E-state index in [0.29, 0.717) is 17.1 Å². The highest BCUT2D eigenvalue weighted by Crippen LogP contribution is 2.36. The van der Waals surface area contributed by atoms with E-state index in [1.165, 1.54) is 38.4 Å². The Hall–Kier alpha value is -3.88. The number of nitrogens with zero attached hydrogens (tertiary/aromatic N) is 2. The number of likely N-dealkylation sites (tertiary alicyclic amines) is 1. The lowest BCUT2D eigenvalue weighted by atomic mass is 9.92. The van der Waals surface area contributed by atoms with Gasteiger partial charge >= 0.3 is 5.97 Å². The van der Waals surface area contributed by atoms with Gasteiger partial charge in [-0.1, -0.05) is 12.1 Å². The molecule has 3 amide bonds. The molecule has 9 heteroatoms. The number of esters is 1. The second-order valence-electron chi connectivity index (χ2n) is 7.08. The van der Waals surface area contributed by atoms with Crippen LogP contribution < -0.4 is 9.47 Å². The van der Waals surface area contributed by atoms with E-state index in [1.54, 1.807) is 30.3 Å². The molecule has 160 valence electrons. The van der Waals surface area contributed by atoms with Crippen LogP contribution in [-0.2, 0) is 20.9 Å². The third-order valence-corrected chi connectivity index (χ3v) is 5.55. The Morgan fingerprint density at radius 3 is 2.13 bits per heavy atom. The lowest BCUT2D eigenvalue weighted by Gasteiger charge is -2.47. The van der Waals surface area contributed by atoms with Gasteiger partial charge in [-0.15, -0.1) is 0 Å². The molecule has 0 saturated carbocycles. The molecule has 0 radical (unpaired) electrons. The molecule has 2 aliphatic heterocycles. The SMILES string of the molecule is COC(=O)[C@@H]1[C@@H](N2C(=O)c3ccccc3C2=O)C(=O)N1Cc1ccc(OC)cc1OC.